The van der Waals surface area contributed by atoms with Gasteiger partial charge >= 0.3 is 0 Å². The van der Waals surface area contributed by atoms with Crippen molar-refractivity contribution in [1.82, 2.24) is 0 Å². The van der Waals surface area contributed by atoms with E-state index >= 15 is 0 Å². The number of benzene rings is 1. The second kappa shape index (κ2) is 6.57. The summed E-state index contributed by atoms with van der Waals surface area (Å²) in [5.41, 5.74) is 5.03. The topological polar surface area (TPSA) is 56.3 Å². The van der Waals surface area contributed by atoms with Gasteiger partial charge in [0, 0.05) is 11.8 Å². The maximum absolute atomic E-state index is 9.52. The molecule has 2 aliphatic carbocycles. The molecule has 122 valence electrons. The number of hydrogen-bond donors (Lipinski definition) is 0. The highest BCUT2D eigenvalue weighted by atomic mass is 14.7. The van der Waals surface area contributed by atoms with E-state index in [2.05, 4.69) is 9.69 Å². The van der Waals surface area contributed by atoms with Gasteiger partial charge in [-0.15, -0.1) is 0 Å². The minimum atomic E-state index is -0.238. The third-order valence-corrected chi connectivity index (χ3v) is 4.76. The van der Waals surface area contributed by atoms with E-state index < -0.39 is 0 Å². The molecule has 0 spiro atoms. The molecule has 2 aliphatic rings. The van der Waals surface area contributed by atoms with Crippen molar-refractivity contribution in [2.45, 2.75) is 13.8 Å². The molecular weight excluding hydrogens is 320 g/mol. The monoisotopic (exact) mass is 334 g/mol. The fourth-order valence-electron chi connectivity index (χ4n) is 3.69. The first-order valence-electron chi connectivity index (χ1n) is 8.07. The molecule has 1 aromatic carbocycles. The maximum atomic E-state index is 9.52. The van der Waals surface area contributed by atoms with Crippen LogP contribution >= 0.6 is 0 Å². The number of fused-ring (bicyclic) bond motifs is 2. The fourth-order valence-corrected chi connectivity index (χ4v) is 3.69. The van der Waals surface area contributed by atoms with Crippen LogP contribution in [0.3, 0.4) is 0 Å². The summed E-state index contributed by atoms with van der Waals surface area (Å²) in [6.07, 6.45) is 5.95. The summed E-state index contributed by atoms with van der Waals surface area (Å²) in [6.45, 7) is 18.8. The molecule has 0 saturated carbocycles. The van der Waals surface area contributed by atoms with Crippen molar-refractivity contribution in [1.29, 1.82) is 10.5 Å². The summed E-state index contributed by atoms with van der Waals surface area (Å²) in [6, 6.07) is 9.80. The van der Waals surface area contributed by atoms with Crippen molar-refractivity contribution in [2.24, 2.45) is 11.8 Å². The van der Waals surface area contributed by atoms with E-state index in [1.165, 1.54) is 0 Å². The van der Waals surface area contributed by atoms with E-state index in [0.717, 1.165) is 22.3 Å². The SMILES string of the molecule is [C-]#[N+]/C(C#N)=C1/c2ccc(C)cc2/C(=C(\C#N)[N+]#[C-])C2C=C(C)C=CC12. The molecule has 0 radical (unpaired) electrons. The summed E-state index contributed by atoms with van der Waals surface area (Å²) in [7, 11) is 0. The average molecular weight is 334 g/mol. The molecule has 0 amide bonds. The molecule has 4 nitrogen and oxygen atoms in total. The molecule has 0 aliphatic heterocycles. The Hall–Kier alpha value is -3.86. The minimum Gasteiger partial charge on any atom is -0.226 e. The zero-order valence-electron chi connectivity index (χ0n) is 14.4. The first kappa shape index (κ1) is 17.0. The van der Waals surface area contributed by atoms with Gasteiger partial charge in [-0.25, -0.2) is 20.2 Å². The second-order valence-electron chi connectivity index (χ2n) is 6.34. The molecule has 3 rings (SSSR count). The van der Waals surface area contributed by atoms with Crippen LogP contribution in [0.25, 0.3) is 20.8 Å². The van der Waals surface area contributed by atoms with Gasteiger partial charge in [0.1, 0.15) is 0 Å². The van der Waals surface area contributed by atoms with Crippen LogP contribution in [-0.2, 0) is 0 Å². The van der Waals surface area contributed by atoms with Crippen LogP contribution in [0.4, 0.5) is 0 Å². The molecule has 2 atom stereocenters. The predicted molar refractivity (Wildman–Crippen MR) is 99.3 cm³/mol. The molecule has 0 fully saturated rings. The third kappa shape index (κ3) is 2.52. The van der Waals surface area contributed by atoms with Gasteiger partial charge < -0.3 is 0 Å². The molecule has 0 N–H and O–H groups in total. The van der Waals surface area contributed by atoms with E-state index in [1.807, 2.05) is 62.4 Å². The lowest BCUT2D eigenvalue weighted by molar-refractivity contribution is 0.679. The maximum Gasteiger partial charge on any atom is 0.266 e. The summed E-state index contributed by atoms with van der Waals surface area (Å²) in [4.78, 5) is 6.90. The molecule has 26 heavy (non-hydrogen) atoms. The van der Waals surface area contributed by atoms with E-state index in [9.17, 15) is 10.5 Å². The highest BCUT2D eigenvalue weighted by Gasteiger charge is 2.38. The Morgan fingerprint density at radius 1 is 0.962 bits per heavy atom. The van der Waals surface area contributed by atoms with Gasteiger partial charge in [-0.2, -0.15) is 0 Å². The van der Waals surface area contributed by atoms with Crippen LogP contribution < -0.4 is 0 Å². The molecule has 0 saturated heterocycles. The Morgan fingerprint density at radius 3 is 2.15 bits per heavy atom. The largest absolute Gasteiger partial charge is 0.266 e. The number of allylic oxidation sites excluding steroid dienone is 8. The van der Waals surface area contributed by atoms with Crippen LogP contribution in [0.15, 0.2) is 53.4 Å². The van der Waals surface area contributed by atoms with Crippen LogP contribution in [-0.4, -0.2) is 0 Å². The van der Waals surface area contributed by atoms with Gasteiger partial charge in [0.2, 0.25) is 0 Å². The first-order chi connectivity index (χ1) is 12.5. The molecule has 4 heteroatoms. The normalized spacial score (nSPS) is 23.8. The standard InChI is InChI=1S/C22H14N4/c1-13-5-7-15-17(9-13)22(20(12-24)26-4)18-10-14(2)6-8-16(18)21(15)19(11-23)25-3/h5-10,15,17H,1-2H3/b21-19+,22-20+. The molecule has 0 heterocycles. The Morgan fingerprint density at radius 2 is 1.58 bits per heavy atom. The average Bonchev–Trinajstić information content (AvgIpc) is 2.64. The number of hydrogen-bond acceptors (Lipinski definition) is 2. The Balaban J connectivity index is 2.51. The number of rotatable bonds is 0. The van der Waals surface area contributed by atoms with E-state index in [4.69, 9.17) is 13.1 Å². The van der Waals surface area contributed by atoms with Crippen LogP contribution in [0.2, 0.25) is 0 Å². The molecule has 0 bridgehead atoms. The predicted octanol–water partition coefficient (Wildman–Crippen LogP) is 5.07. The van der Waals surface area contributed by atoms with Gasteiger partial charge in [-0.3, -0.25) is 0 Å². The number of aryl methyl sites for hydroxylation is 1. The van der Waals surface area contributed by atoms with Crippen molar-refractivity contribution < 1.29 is 0 Å². The summed E-state index contributed by atoms with van der Waals surface area (Å²) < 4.78 is 0. The second-order valence-corrected chi connectivity index (χ2v) is 6.34. The quantitative estimate of drug-likeness (QED) is 0.491. The van der Waals surface area contributed by atoms with Crippen molar-refractivity contribution in [3.8, 4) is 12.1 Å². The highest BCUT2D eigenvalue weighted by molar-refractivity contribution is 5.93. The lowest BCUT2D eigenvalue weighted by Gasteiger charge is -2.37. The van der Waals surface area contributed by atoms with Gasteiger partial charge in [-0.1, -0.05) is 47.6 Å². The summed E-state index contributed by atoms with van der Waals surface area (Å²) >= 11 is 0. The Bertz CT molecular complexity index is 1070. The molecule has 1 aromatic rings. The zero-order chi connectivity index (χ0) is 18.8. The highest BCUT2D eigenvalue weighted by Crippen LogP contribution is 2.51. The van der Waals surface area contributed by atoms with Crippen molar-refractivity contribution in [2.75, 3.05) is 0 Å². The lowest BCUT2D eigenvalue weighted by atomic mass is 9.66. The van der Waals surface area contributed by atoms with Crippen LogP contribution in [0.1, 0.15) is 23.6 Å². The Kier molecular flexibility index (Phi) is 4.29. The number of nitriles is 2. The van der Waals surface area contributed by atoms with Gasteiger partial charge in [0.15, 0.2) is 0 Å². The summed E-state index contributed by atoms with van der Waals surface area (Å²) in [5, 5.41) is 19.0. The summed E-state index contributed by atoms with van der Waals surface area (Å²) in [5.74, 6) is -0.476. The van der Waals surface area contributed by atoms with E-state index in [1.54, 1.807) is 0 Å². The van der Waals surface area contributed by atoms with Crippen molar-refractivity contribution in [3.63, 3.8) is 0 Å². The first-order valence-corrected chi connectivity index (χ1v) is 8.07. The smallest absolute Gasteiger partial charge is 0.226 e. The van der Waals surface area contributed by atoms with E-state index in [-0.39, 0.29) is 23.2 Å². The van der Waals surface area contributed by atoms with E-state index in [0.29, 0.717) is 11.1 Å². The third-order valence-electron chi connectivity index (χ3n) is 4.76. The van der Waals surface area contributed by atoms with Crippen LogP contribution in [0.5, 0.6) is 0 Å². The molecule has 2 unspecified atom stereocenters. The van der Waals surface area contributed by atoms with Crippen LogP contribution in [0, 0.1) is 54.6 Å². The fraction of sp³-hybridized carbons (Fsp3) is 0.182. The minimum absolute atomic E-state index is 0.0584. The Labute approximate surface area is 152 Å². The van der Waals surface area contributed by atoms with Crippen molar-refractivity contribution >= 4 is 11.1 Å². The zero-order valence-corrected chi connectivity index (χ0v) is 14.4. The van der Waals surface area contributed by atoms with Crippen molar-refractivity contribution in [3.05, 3.63) is 92.9 Å². The van der Waals surface area contributed by atoms with Gasteiger partial charge in [-0.05, 0) is 36.1 Å². The number of nitrogens with zero attached hydrogens (tertiary/aromatic N) is 4. The lowest BCUT2D eigenvalue weighted by Crippen LogP contribution is -2.24. The molecule has 0 aromatic heterocycles. The van der Waals surface area contributed by atoms with Gasteiger partial charge in [0.25, 0.3) is 11.4 Å². The van der Waals surface area contributed by atoms with Gasteiger partial charge in [0.05, 0.1) is 25.3 Å². The molecular formula is C22H14N4.